The van der Waals surface area contributed by atoms with Crippen molar-refractivity contribution >= 4 is 11.8 Å². The van der Waals surface area contributed by atoms with Crippen molar-refractivity contribution in [1.29, 1.82) is 0 Å². The number of thioether (sulfide) groups is 1. The second kappa shape index (κ2) is 5.59. The fourth-order valence-corrected chi connectivity index (χ4v) is 2.06. The Morgan fingerprint density at radius 1 is 1.50 bits per heavy atom. The van der Waals surface area contributed by atoms with Crippen LogP contribution < -0.4 is 0 Å². The maximum atomic E-state index is 4.22. The van der Waals surface area contributed by atoms with Gasteiger partial charge in [-0.05, 0) is 19.6 Å². The molecule has 0 radical (unpaired) electrons. The lowest BCUT2D eigenvalue weighted by atomic mass is 9.95. The van der Waals surface area contributed by atoms with Crippen LogP contribution in [0.1, 0.15) is 33.1 Å². The summed E-state index contributed by atoms with van der Waals surface area (Å²) in [6, 6.07) is 0. The Labute approximate surface area is 91.3 Å². The molecular weight excluding hydrogens is 194 g/mol. The Morgan fingerprint density at radius 2 is 2.29 bits per heavy atom. The number of hydrogen-bond acceptors (Lipinski definition) is 4. The Bertz CT molecular complexity index is 196. The summed E-state index contributed by atoms with van der Waals surface area (Å²) in [7, 11) is 0. The van der Waals surface area contributed by atoms with Crippen LogP contribution in [0.15, 0.2) is 10.3 Å². The lowest BCUT2D eigenvalue weighted by molar-refractivity contribution is 0.141. The standard InChI is InChI=1S/C10H21N3S/c1-4-5-6-10(2)9-11-12-13(10)7-8-14-3/h4-9H2,1-3H3. The zero-order valence-corrected chi connectivity index (χ0v) is 10.3. The third kappa shape index (κ3) is 2.87. The van der Waals surface area contributed by atoms with Gasteiger partial charge in [-0.15, -0.1) is 0 Å². The topological polar surface area (TPSA) is 28.0 Å². The molecule has 0 bridgehead atoms. The van der Waals surface area contributed by atoms with Crippen LogP contribution in [0.25, 0.3) is 0 Å². The molecule has 0 saturated carbocycles. The second-order valence-corrected chi connectivity index (χ2v) is 5.09. The van der Waals surface area contributed by atoms with E-state index in [1.165, 1.54) is 19.3 Å². The molecule has 1 aliphatic rings. The first-order chi connectivity index (χ1) is 6.73. The van der Waals surface area contributed by atoms with Crippen molar-refractivity contribution in [1.82, 2.24) is 5.01 Å². The summed E-state index contributed by atoms with van der Waals surface area (Å²) in [5.74, 6) is 1.14. The van der Waals surface area contributed by atoms with E-state index in [9.17, 15) is 0 Å². The van der Waals surface area contributed by atoms with E-state index in [0.29, 0.717) is 0 Å². The van der Waals surface area contributed by atoms with E-state index in [4.69, 9.17) is 0 Å². The van der Waals surface area contributed by atoms with Crippen LogP contribution in [0, 0.1) is 0 Å². The van der Waals surface area contributed by atoms with Gasteiger partial charge in [0.25, 0.3) is 0 Å². The van der Waals surface area contributed by atoms with E-state index < -0.39 is 0 Å². The highest BCUT2D eigenvalue weighted by molar-refractivity contribution is 7.98. The molecule has 82 valence electrons. The third-order valence-corrected chi connectivity index (χ3v) is 3.37. The fourth-order valence-electron chi connectivity index (χ4n) is 1.71. The van der Waals surface area contributed by atoms with Crippen LogP contribution >= 0.6 is 11.8 Å². The highest BCUT2D eigenvalue weighted by Crippen LogP contribution is 2.28. The average Bonchev–Trinajstić information content (AvgIpc) is 2.54. The maximum absolute atomic E-state index is 4.22. The van der Waals surface area contributed by atoms with Crippen molar-refractivity contribution < 1.29 is 0 Å². The van der Waals surface area contributed by atoms with E-state index in [2.05, 4.69) is 35.4 Å². The maximum Gasteiger partial charge on any atom is 0.0866 e. The molecule has 14 heavy (non-hydrogen) atoms. The Kier molecular flexibility index (Phi) is 4.72. The predicted molar refractivity (Wildman–Crippen MR) is 62.7 cm³/mol. The highest BCUT2D eigenvalue weighted by atomic mass is 32.2. The van der Waals surface area contributed by atoms with Crippen molar-refractivity contribution in [3.63, 3.8) is 0 Å². The number of rotatable bonds is 6. The molecule has 0 aliphatic carbocycles. The summed E-state index contributed by atoms with van der Waals surface area (Å²) in [6.07, 6.45) is 5.88. The van der Waals surface area contributed by atoms with Gasteiger partial charge in [0.15, 0.2) is 0 Å². The normalized spacial score (nSPS) is 26.1. The molecule has 0 aromatic rings. The minimum absolute atomic E-state index is 0.200. The third-order valence-electron chi connectivity index (χ3n) is 2.78. The first kappa shape index (κ1) is 11.8. The van der Waals surface area contributed by atoms with Gasteiger partial charge in [-0.1, -0.05) is 25.0 Å². The van der Waals surface area contributed by atoms with Crippen molar-refractivity contribution in [2.24, 2.45) is 10.3 Å². The Balaban J connectivity index is 2.42. The molecule has 0 aromatic heterocycles. The van der Waals surface area contributed by atoms with Gasteiger partial charge in [0, 0.05) is 12.3 Å². The van der Waals surface area contributed by atoms with Crippen LogP contribution in [0.3, 0.4) is 0 Å². The van der Waals surface area contributed by atoms with Crippen LogP contribution in [0.4, 0.5) is 0 Å². The monoisotopic (exact) mass is 215 g/mol. The van der Waals surface area contributed by atoms with Crippen LogP contribution in [-0.4, -0.2) is 35.6 Å². The lowest BCUT2D eigenvalue weighted by Gasteiger charge is -2.32. The van der Waals surface area contributed by atoms with E-state index >= 15 is 0 Å². The van der Waals surface area contributed by atoms with Gasteiger partial charge < -0.3 is 0 Å². The molecule has 0 aromatic carbocycles. The fraction of sp³-hybridized carbons (Fsp3) is 1.00. The summed E-state index contributed by atoms with van der Waals surface area (Å²) in [4.78, 5) is 0. The van der Waals surface area contributed by atoms with Crippen LogP contribution in [-0.2, 0) is 0 Å². The molecule has 3 nitrogen and oxygen atoms in total. The molecule has 0 N–H and O–H groups in total. The van der Waals surface area contributed by atoms with E-state index in [1.54, 1.807) is 0 Å². The highest BCUT2D eigenvalue weighted by Gasteiger charge is 2.34. The van der Waals surface area contributed by atoms with Crippen molar-refractivity contribution in [3.8, 4) is 0 Å². The molecule has 4 heteroatoms. The molecule has 1 atom stereocenters. The minimum Gasteiger partial charge on any atom is -0.270 e. The van der Waals surface area contributed by atoms with Gasteiger partial charge in [-0.2, -0.15) is 16.9 Å². The van der Waals surface area contributed by atoms with Gasteiger partial charge in [-0.3, -0.25) is 5.01 Å². The minimum atomic E-state index is 0.200. The van der Waals surface area contributed by atoms with E-state index in [1.807, 2.05) is 11.8 Å². The van der Waals surface area contributed by atoms with Gasteiger partial charge >= 0.3 is 0 Å². The molecule has 0 amide bonds. The summed E-state index contributed by atoms with van der Waals surface area (Å²) in [6.45, 7) is 6.42. The van der Waals surface area contributed by atoms with Gasteiger partial charge in [0.2, 0.25) is 0 Å². The quantitative estimate of drug-likeness (QED) is 0.681. The zero-order valence-electron chi connectivity index (χ0n) is 9.49. The van der Waals surface area contributed by atoms with Gasteiger partial charge in [0.05, 0.1) is 12.1 Å². The van der Waals surface area contributed by atoms with Crippen molar-refractivity contribution in [3.05, 3.63) is 0 Å². The van der Waals surface area contributed by atoms with Crippen molar-refractivity contribution in [2.45, 2.75) is 38.6 Å². The Morgan fingerprint density at radius 3 is 2.93 bits per heavy atom. The number of nitrogens with zero attached hydrogens (tertiary/aromatic N) is 3. The number of hydrogen-bond donors (Lipinski definition) is 0. The molecular formula is C10H21N3S. The molecule has 0 saturated heterocycles. The zero-order chi connectivity index (χ0) is 10.4. The lowest BCUT2D eigenvalue weighted by Crippen LogP contribution is -2.43. The SMILES string of the molecule is CCCCC1(C)CN=NN1CCSC. The molecule has 0 spiro atoms. The average molecular weight is 215 g/mol. The first-order valence-corrected chi connectivity index (χ1v) is 6.76. The summed E-state index contributed by atoms with van der Waals surface area (Å²) < 4.78 is 0. The summed E-state index contributed by atoms with van der Waals surface area (Å²) >= 11 is 1.87. The largest absolute Gasteiger partial charge is 0.270 e. The molecule has 0 fully saturated rings. The Hall–Kier alpha value is -0.250. The van der Waals surface area contributed by atoms with Crippen LogP contribution in [0.5, 0.6) is 0 Å². The molecule has 1 unspecified atom stereocenters. The molecule has 1 rings (SSSR count). The second-order valence-electron chi connectivity index (χ2n) is 4.11. The van der Waals surface area contributed by atoms with Crippen molar-refractivity contribution in [2.75, 3.05) is 25.1 Å². The first-order valence-electron chi connectivity index (χ1n) is 5.37. The summed E-state index contributed by atoms with van der Waals surface area (Å²) in [5.41, 5.74) is 0.200. The van der Waals surface area contributed by atoms with Crippen LogP contribution in [0.2, 0.25) is 0 Å². The molecule has 1 heterocycles. The van der Waals surface area contributed by atoms with E-state index in [0.717, 1.165) is 18.8 Å². The van der Waals surface area contributed by atoms with Gasteiger partial charge in [0.1, 0.15) is 0 Å². The van der Waals surface area contributed by atoms with Gasteiger partial charge in [-0.25, -0.2) is 0 Å². The summed E-state index contributed by atoms with van der Waals surface area (Å²) in [5, 5.41) is 10.6. The molecule has 1 aliphatic heterocycles. The predicted octanol–water partition coefficient (Wildman–Crippen LogP) is 2.98. The number of unbranched alkanes of at least 4 members (excludes halogenated alkanes) is 1. The smallest absolute Gasteiger partial charge is 0.0866 e. The van der Waals surface area contributed by atoms with E-state index in [-0.39, 0.29) is 5.54 Å².